The molecule has 1 fully saturated rings. The van der Waals surface area contributed by atoms with Crippen LogP contribution >= 0.6 is 0 Å². The molecule has 1 aliphatic heterocycles. The molecular formula is C16H20N4O2. The van der Waals surface area contributed by atoms with E-state index in [0.29, 0.717) is 5.69 Å². The molecule has 0 unspecified atom stereocenters. The number of carbonyl (C=O) groups is 1. The van der Waals surface area contributed by atoms with Crippen LogP contribution in [0.5, 0.6) is 5.75 Å². The summed E-state index contributed by atoms with van der Waals surface area (Å²) in [6.45, 7) is 3.96. The largest absolute Gasteiger partial charge is 0.497 e. The smallest absolute Gasteiger partial charge is 0.270 e. The van der Waals surface area contributed by atoms with E-state index >= 15 is 0 Å². The quantitative estimate of drug-likeness (QED) is 0.926. The van der Waals surface area contributed by atoms with Gasteiger partial charge in [-0.2, -0.15) is 0 Å². The lowest BCUT2D eigenvalue weighted by Crippen LogP contribution is -2.48. The van der Waals surface area contributed by atoms with Gasteiger partial charge in [0.25, 0.3) is 5.91 Å². The fourth-order valence-electron chi connectivity index (χ4n) is 2.64. The maximum Gasteiger partial charge on any atom is 0.270 e. The Kier molecular flexibility index (Phi) is 4.39. The van der Waals surface area contributed by atoms with Crippen LogP contribution < -0.4 is 4.74 Å². The second-order valence-corrected chi connectivity index (χ2v) is 5.34. The van der Waals surface area contributed by atoms with Crippen molar-refractivity contribution in [2.45, 2.75) is 6.54 Å². The highest BCUT2D eigenvalue weighted by Crippen LogP contribution is 2.14. The van der Waals surface area contributed by atoms with Crippen LogP contribution in [-0.4, -0.2) is 59.0 Å². The predicted molar refractivity (Wildman–Crippen MR) is 82.8 cm³/mol. The Balaban J connectivity index is 1.54. The summed E-state index contributed by atoms with van der Waals surface area (Å²) < 4.78 is 5.22. The summed E-state index contributed by atoms with van der Waals surface area (Å²) in [5.41, 5.74) is 1.64. The first-order valence-corrected chi connectivity index (χ1v) is 7.40. The maximum atomic E-state index is 12.3. The van der Waals surface area contributed by atoms with Gasteiger partial charge in [-0.05, 0) is 18.2 Å². The fourth-order valence-corrected chi connectivity index (χ4v) is 2.64. The Hall–Kier alpha value is -2.34. The second-order valence-electron chi connectivity index (χ2n) is 5.34. The lowest BCUT2D eigenvalue weighted by molar-refractivity contribution is 0.0622. The third kappa shape index (κ3) is 3.28. The molecule has 1 saturated heterocycles. The SMILES string of the molecule is COc1ccnc(CN2CCN(C(=O)c3ccc[nH]3)CC2)c1. The molecule has 1 amide bonds. The molecule has 0 saturated carbocycles. The van der Waals surface area contributed by atoms with Gasteiger partial charge in [-0.25, -0.2) is 0 Å². The first-order chi connectivity index (χ1) is 10.8. The number of rotatable bonds is 4. The first kappa shape index (κ1) is 14.6. The third-order valence-electron chi connectivity index (χ3n) is 3.90. The van der Waals surface area contributed by atoms with Gasteiger partial charge < -0.3 is 14.6 Å². The van der Waals surface area contributed by atoms with Gasteiger partial charge in [-0.1, -0.05) is 0 Å². The van der Waals surface area contributed by atoms with Crippen LogP contribution in [0.3, 0.4) is 0 Å². The number of H-pyrrole nitrogens is 1. The molecule has 1 N–H and O–H groups in total. The summed E-state index contributed by atoms with van der Waals surface area (Å²) in [6.07, 6.45) is 3.54. The van der Waals surface area contributed by atoms with E-state index in [1.807, 2.05) is 29.2 Å². The van der Waals surface area contributed by atoms with Crippen LogP contribution in [0, 0.1) is 0 Å². The predicted octanol–water partition coefficient (Wildman–Crippen LogP) is 1.38. The Morgan fingerprint density at radius 3 is 2.82 bits per heavy atom. The molecule has 2 aromatic heterocycles. The summed E-state index contributed by atoms with van der Waals surface area (Å²) in [5, 5.41) is 0. The third-order valence-corrected chi connectivity index (χ3v) is 3.90. The van der Waals surface area contributed by atoms with Gasteiger partial charge in [0.05, 0.1) is 12.8 Å². The van der Waals surface area contributed by atoms with E-state index in [1.54, 1.807) is 19.5 Å². The fraction of sp³-hybridized carbons (Fsp3) is 0.375. The van der Waals surface area contributed by atoms with E-state index in [-0.39, 0.29) is 5.91 Å². The molecule has 22 heavy (non-hydrogen) atoms. The molecule has 3 heterocycles. The van der Waals surface area contributed by atoms with E-state index < -0.39 is 0 Å². The Labute approximate surface area is 129 Å². The number of amides is 1. The lowest BCUT2D eigenvalue weighted by atomic mass is 10.2. The van der Waals surface area contributed by atoms with Crippen LogP contribution in [-0.2, 0) is 6.54 Å². The number of nitrogens with one attached hydrogen (secondary N) is 1. The first-order valence-electron chi connectivity index (χ1n) is 7.40. The number of aromatic amines is 1. The summed E-state index contributed by atoms with van der Waals surface area (Å²) in [7, 11) is 1.66. The second kappa shape index (κ2) is 6.62. The van der Waals surface area contributed by atoms with Crippen molar-refractivity contribution in [1.82, 2.24) is 19.8 Å². The summed E-state index contributed by atoms with van der Waals surface area (Å²) >= 11 is 0. The monoisotopic (exact) mass is 300 g/mol. The van der Waals surface area contributed by atoms with Crippen molar-refractivity contribution < 1.29 is 9.53 Å². The van der Waals surface area contributed by atoms with Crippen LogP contribution in [0.1, 0.15) is 16.2 Å². The van der Waals surface area contributed by atoms with E-state index in [2.05, 4.69) is 14.9 Å². The lowest BCUT2D eigenvalue weighted by Gasteiger charge is -2.34. The van der Waals surface area contributed by atoms with Crippen molar-refractivity contribution in [1.29, 1.82) is 0 Å². The maximum absolute atomic E-state index is 12.3. The number of hydrogen-bond donors (Lipinski definition) is 1. The standard InChI is InChI=1S/C16H20N4O2/c1-22-14-4-6-17-13(11-14)12-19-7-9-20(10-8-19)16(21)15-3-2-5-18-15/h2-6,11,18H,7-10,12H2,1H3. The zero-order valence-corrected chi connectivity index (χ0v) is 12.7. The molecular weight excluding hydrogens is 280 g/mol. The molecule has 0 atom stereocenters. The van der Waals surface area contributed by atoms with Crippen molar-refractivity contribution in [2.24, 2.45) is 0 Å². The van der Waals surface area contributed by atoms with Crippen LogP contribution in [0.25, 0.3) is 0 Å². The number of hydrogen-bond acceptors (Lipinski definition) is 4. The van der Waals surface area contributed by atoms with Gasteiger partial charge in [0, 0.05) is 51.2 Å². The minimum atomic E-state index is 0.0733. The van der Waals surface area contributed by atoms with E-state index in [9.17, 15) is 4.79 Å². The number of aromatic nitrogens is 2. The summed E-state index contributed by atoms with van der Waals surface area (Å²) in [6, 6.07) is 7.46. The highest BCUT2D eigenvalue weighted by molar-refractivity contribution is 5.92. The zero-order valence-electron chi connectivity index (χ0n) is 12.7. The van der Waals surface area contributed by atoms with Crippen molar-refractivity contribution in [3.8, 4) is 5.75 Å². The molecule has 1 aliphatic rings. The van der Waals surface area contributed by atoms with Gasteiger partial charge in [0.15, 0.2) is 0 Å². The van der Waals surface area contributed by atoms with E-state index in [4.69, 9.17) is 4.74 Å². The molecule has 0 bridgehead atoms. The molecule has 2 aromatic rings. The van der Waals surface area contributed by atoms with Gasteiger partial charge in [-0.15, -0.1) is 0 Å². The van der Waals surface area contributed by atoms with Gasteiger partial charge in [0.1, 0.15) is 11.4 Å². The Bertz CT molecular complexity index is 619. The number of piperazine rings is 1. The molecule has 0 radical (unpaired) electrons. The van der Waals surface area contributed by atoms with Crippen molar-refractivity contribution >= 4 is 5.91 Å². The minimum absolute atomic E-state index is 0.0733. The van der Waals surface area contributed by atoms with Crippen molar-refractivity contribution in [2.75, 3.05) is 33.3 Å². The van der Waals surface area contributed by atoms with Crippen LogP contribution in [0.4, 0.5) is 0 Å². The molecule has 116 valence electrons. The van der Waals surface area contributed by atoms with Crippen molar-refractivity contribution in [3.05, 3.63) is 48.0 Å². The molecule has 6 heteroatoms. The molecule has 0 aromatic carbocycles. The number of ether oxygens (including phenoxy) is 1. The highest BCUT2D eigenvalue weighted by atomic mass is 16.5. The number of pyridine rings is 1. The van der Waals surface area contributed by atoms with Crippen molar-refractivity contribution in [3.63, 3.8) is 0 Å². The number of carbonyl (C=O) groups excluding carboxylic acids is 1. The van der Waals surface area contributed by atoms with Gasteiger partial charge in [0.2, 0.25) is 0 Å². The Morgan fingerprint density at radius 1 is 1.32 bits per heavy atom. The highest BCUT2D eigenvalue weighted by Gasteiger charge is 2.22. The van der Waals surface area contributed by atoms with Gasteiger partial charge in [-0.3, -0.25) is 14.7 Å². The van der Waals surface area contributed by atoms with Gasteiger partial charge >= 0.3 is 0 Å². The summed E-state index contributed by atoms with van der Waals surface area (Å²) in [4.78, 5) is 23.8. The normalized spacial score (nSPS) is 15.8. The average Bonchev–Trinajstić information content (AvgIpc) is 3.09. The molecule has 6 nitrogen and oxygen atoms in total. The summed E-state index contributed by atoms with van der Waals surface area (Å²) in [5.74, 6) is 0.898. The zero-order chi connectivity index (χ0) is 15.4. The average molecular weight is 300 g/mol. The molecule has 0 aliphatic carbocycles. The Morgan fingerprint density at radius 2 is 2.14 bits per heavy atom. The minimum Gasteiger partial charge on any atom is -0.497 e. The number of nitrogens with zero attached hydrogens (tertiary/aromatic N) is 3. The topological polar surface area (TPSA) is 61.5 Å². The molecule has 3 rings (SSSR count). The number of methoxy groups -OCH3 is 1. The van der Waals surface area contributed by atoms with Crippen LogP contribution in [0.15, 0.2) is 36.7 Å². The van der Waals surface area contributed by atoms with E-state index in [0.717, 1.165) is 44.2 Å². The molecule has 0 spiro atoms. The van der Waals surface area contributed by atoms with E-state index in [1.165, 1.54) is 0 Å². The van der Waals surface area contributed by atoms with Crippen LogP contribution in [0.2, 0.25) is 0 Å².